The lowest BCUT2D eigenvalue weighted by molar-refractivity contribution is 0.0701. The molecule has 2 aromatic rings. The molecule has 7 heteroatoms. The van der Waals surface area contributed by atoms with Gasteiger partial charge in [-0.05, 0) is 31.2 Å². The molecule has 0 radical (unpaired) electrons. The van der Waals surface area contributed by atoms with E-state index in [4.69, 9.17) is 5.73 Å². The van der Waals surface area contributed by atoms with Crippen LogP contribution in [-0.4, -0.2) is 44.5 Å². The van der Waals surface area contributed by atoms with E-state index in [9.17, 15) is 9.59 Å². The van der Waals surface area contributed by atoms with Gasteiger partial charge in [0.15, 0.2) is 0 Å². The molecule has 1 fully saturated rings. The first-order valence-corrected chi connectivity index (χ1v) is 9.06. The molecule has 1 aliphatic heterocycles. The number of nitrogens with zero attached hydrogens (tertiary/aromatic N) is 3. The Bertz CT molecular complexity index is 741. The Hall–Kier alpha value is -2.28. The first kappa shape index (κ1) is 16.6. The fourth-order valence-corrected chi connectivity index (χ4v) is 3.88. The van der Waals surface area contributed by atoms with E-state index in [-0.39, 0.29) is 11.9 Å². The number of hydrogen-bond donors (Lipinski definition) is 1. The second-order valence-electron chi connectivity index (χ2n) is 5.66. The Labute approximate surface area is 145 Å². The number of rotatable bonds is 4. The molecule has 0 bridgehead atoms. The van der Waals surface area contributed by atoms with Crippen LogP contribution in [0.1, 0.15) is 39.2 Å². The molecule has 0 spiro atoms. The Morgan fingerprint density at radius 2 is 2.00 bits per heavy atom. The molecule has 2 amide bonds. The lowest BCUT2D eigenvalue weighted by Gasteiger charge is -2.35. The molecule has 0 aliphatic carbocycles. The summed E-state index contributed by atoms with van der Waals surface area (Å²) in [6.07, 6.45) is 3.85. The predicted molar refractivity (Wildman–Crippen MR) is 94.0 cm³/mol. The van der Waals surface area contributed by atoms with E-state index in [2.05, 4.69) is 5.10 Å². The Balaban J connectivity index is 1.84. The van der Waals surface area contributed by atoms with Gasteiger partial charge in [0, 0.05) is 47.5 Å². The van der Waals surface area contributed by atoms with Gasteiger partial charge in [0.2, 0.25) is 5.91 Å². The number of carbonyl (C=O) groups excluding carboxylic acids is 2. The van der Waals surface area contributed by atoms with Gasteiger partial charge in [0.25, 0.3) is 5.91 Å². The minimum atomic E-state index is -0.492. The number of aryl methyl sites for hydroxylation is 1. The van der Waals surface area contributed by atoms with Gasteiger partial charge in [-0.3, -0.25) is 14.3 Å². The van der Waals surface area contributed by atoms with E-state index in [0.717, 1.165) is 23.6 Å². The summed E-state index contributed by atoms with van der Waals surface area (Å²) in [5.74, 6) is 1.26. The quantitative estimate of drug-likeness (QED) is 0.919. The number of aromatic nitrogens is 2. The molecular weight excluding hydrogens is 324 g/mol. The zero-order valence-electron chi connectivity index (χ0n) is 13.5. The number of thioether (sulfide) groups is 1. The molecule has 3 rings (SSSR count). The highest BCUT2D eigenvalue weighted by atomic mass is 32.2. The first-order chi connectivity index (χ1) is 11.6. The number of hydrogen-bond acceptors (Lipinski definition) is 4. The van der Waals surface area contributed by atoms with Gasteiger partial charge in [-0.2, -0.15) is 16.9 Å². The van der Waals surface area contributed by atoms with E-state index in [1.807, 2.05) is 40.7 Å². The van der Waals surface area contributed by atoms with Crippen LogP contribution in [0.5, 0.6) is 0 Å². The molecule has 24 heavy (non-hydrogen) atoms. The van der Waals surface area contributed by atoms with Crippen LogP contribution in [0.2, 0.25) is 0 Å². The summed E-state index contributed by atoms with van der Waals surface area (Å²) < 4.78 is 1.87. The van der Waals surface area contributed by atoms with Crippen LogP contribution in [0, 0.1) is 0 Å². The van der Waals surface area contributed by atoms with Crippen molar-refractivity contribution in [1.82, 2.24) is 14.7 Å². The van der Waals surface area contributed by atoms with Crippen LogP contribution in [0.25, 0.3) is 0 Å². The summed E-state index contributed by atoms with van der Waals surface area (Å²) >= 11 is 1.85. The van der Waals surface area contributed by atoms with E-state index in [1.165, 1.54) is 0 Å². The summed E-state index contributed by atoms with van der Waals surface area (Å²) in [4.78, 5) is 26.0. The van der Waals surface area contributed by atoms with Crippen LogP contribution in [0.3, 0.4) is 0 Å². The number of primary amides is 1. The molecule has 1 aliphatic rings. The third-order valence-corrected chi connectivity index (χ3v) is 5.19. The first-order valence-electron chi connectivity index (χ1n) is 7.91. The average molecular weight is 344 g/mol. The van der Waals surface area contributed by atoms with Gasteiger partial charge in [-0.1, -0.05) is 0 Å². The standard InChI is InChI=1S/C17H20N4O2S/c1-2-20-10-14(9-19-20)15-11-24-8-7-21(15)17(23)13-5-3-12(4-6-13)16(18)22/h3-6,9-10,15H,2,7-8,11H2,1H3,(H2,18,22)/t15-/m1/s1. The van der Waals surface area contributed by atoms with Crippen molar-refractivity contribution < 1.29 is 9.59 Å². The molecule has 6 nitrogen and oxygen atoms in total. The maximum Gasteiger partial charge on any atom is 0.254 e. The molecule has 126 valence electrons. The van der Waals surface area contributed by atoms with Gasteiger partial charge >= 0.3 is 0 Å². The predicted octanol–water partition coefficient (Wildman–Crippen LogP) is 1.93. The SMILES string of the molecule is CCn1cc([C@H]2CSCCN2C(=O)c2ccc(C(N)=O)cc2)cn1. The smallest absolute Gasteiger partial charge is 0.254 e. The van der Waals surface area contributed by atoms with Crippen LogP contribution in [-0.2, 0) is 6.54 Å². The van der Waals surface area contributed by atoms with Crippen molar-refractivity contribution in [3.8, 4) is 0 Å². The summed E-state index contributed by atoms with van der Waals surface area (Å²) in [5, 5.41) is 4.33. The molecule has 1 atom stereocenters. The van der Waals surface area contributed by atoms with Crippen LogP contribution in [0.4, 0.5) is 0 Å². The van der Waals surface area contributed by atoms with Gasteiger partial charge in [0.05, 0.1) is 12.2 Å². The number of amides is 2. The van der Waals surface area contributed by atoms with Crippen molar-refractivity contribution in [1.29, 1.82) is 0 Å². The second-order valence-corrected chi connectivity index (χ2v) is 6.81. The molecular formula is C17H20N4O2S. The lowest BCUT2D eigenvalue weighted by Crippen LogP contribution is -2.40. The molecule has 0 unspecified atom stereocenters. The number of carbonyl (C=O) groups is 2. The molecule has 1 aromatic carbocycles. The normalized spacial score (nSPS) is 17.7. The summed E-state index contributed by atoms with van der Waals surface area (Å²) in [6, 6.07) is 6.54. The number of nitrogens with two attached hydrogens (primary N) is 1. The van der Waals surface area contributed by atoms with Gasteiger partial charge < -0.3 is 10.6 Å². The van der Waals surface area contributed by atoms with Gasteiger partial charge in [-0.15, -0.1) is 0 Å². The van der Waals surface area contributed by atoms with Crippen molar-refractivity contribution in [3.63, 3.8) is 0 Å². The summed E-state index contributed by atoms with van der Waals surface area (Å²) in [6.45, 7) is 3.54. The average Bonchev–Trinajstić information content (AvgIpc) is 3.10. The monoisotopic (exact) mass is 344 g/mol. The highest BCUT2D eigenvalue weighted by Crippen LogP contribution is 2.30. The molecule has 2 heterocycles. The van der Waals surface area contributed by atoms with Gasteiger partial charge in [-0.25, -0.2) is 0 Å². The Morgan fingerprint density at radius 3 is 2.62 bits per heavy atom. The fourth-order valence-electron chi connectivity index (χ4n) is 2.79. The minimum Gasteiger partial charge on any atom is -0.366 e. The second kappa shape index (κ2) is 7.09. The highest BCUT2D eigenvalue weighted by molar-refractivity contribution is 7.99. The van der Waals surface area contributed by atoms with Crippen LogP contribution >= 0.6 is 11.8 Å². The Kier molecular flexibility index (Phi) is 4.89. The van der Waals surface area contributed by atoms with Crippen molar-refractivity contribution in [2.24, 2.45) is 5.73 Å². The zero-order valence-corrected chi connectivity index (χ0v) is 14.3. The molecule has 2 N–H and O–H groups in total. The van der Waals surface area contributed by atoms with Crippen molar-refractivity contribution in [2.75, 3.05) is 18.1 Å². The number of benzene rings is 1. The largest absolute Gasteiger partial charge is 0.366 e. The fraction of sp³-hybridized carbons (Fsp3) is 0.353. The molecule has 1 saturated heterocycles. The maximum absolute atomic E-state index is 12.9. The third-order valence-electron chi connectivity index (χ3n) is 4.17. The van der Waals surface area contributed by atoms with E-state index >= 15 is 0 Å². The minimum absolute atomic E-state index is 0.0207. The highest BCUT2D eigenvalue weighted by Gasteiger charge is 2.30. The van der Waals surface area contributed by atoms with Crippen molar-refractivity contribution in [2.45, 2.75) is 19.5 Å². The summed E-state index contributed by atoms with van der Waals surface area (Å²) in [7, 11) is 0. The van der Waals surface area contributed by atoms with Crippen LogP contribution < -0.4 is 5.73 Å². The zero-order chi connectivity index (χ0) is 17.1. The third kappa shape index (κ3) is 3.31. The van der Waals surface area contributed by atoms with Crippen LogP contribution in [0.15, 0.2) is 36.7 Å². The molecule has 0 saturated carbocycles. The Morgan fingerprint density at radius 1 is 1.29 bits per heavy atom. The van der Waals surface area contributed by atoms with Crippen molar-refractivity contribution in [3.05, 3.63) is 53.3 Å². The lowest BCUT2D eigenvalue weighted by atomic mass is 10.1. The van der Waals surface area contributed by atoms with Crippen molar-refractivity contribution >= 4 is 23.6 Å². The topological polar surface area (TPSA) is 81.2 Å². The molecule has 1 aromatic heterocycles. The van der Waals surface area contributed by atoms with E-state index in [1.54, 1.807) is 24.3 Å². The van der Waals surface area contributed by atoms with E-state index < -0.39 is 5.91 Å². The van der Waals surface area contributed by atoms with E-state index in [0.29, 0.717) is 17.7 Å². The van der Waals surface area contributed by atoms with Gasteiger partial charge in [0.1, 0.15) is 0 Å². The summed E-state index contributed by atoms with van der Waals surface area (Å²) in [5.41, 5.74) is 7.28. The maximum atomic E-state index is 12.9.